The van der Waals surface area contributed by atoms with Gasteiger partial charge in [-0.25, -0.2) is 4.98 Å². The van der Waals surface area contributed by atoms with Crippen LogP contribution in [0.2, 0.25) is 0 Å². The molecule has 1 saturated carbocycles. The first-order chi connectivity index (χ1) is 13.8. The molecule has 1 aliphatic heterocycles. The lowest BCUT2D eigenvalue weighted by atomic mass is 10.2. The number of nitrogens with one attached hydrogen (secondary N) is 2. The minimum atomic E-state index is 0.738. The van der Waals surface area contributed by atoms with E-state index in [4.69, 9.17) is 4.74 Å². The van der Waals surface area contributed by atoms with Crippen molar-refractivity contribution in [2.75, 3.05) is 64.4 Å². The van der Waals surface area contributed by atoms with Gasteiger partial charge in [-0.05, 0) is 49.4 Å². The van der Waals surface area contributed by atoms with E-state index in [-0.39, 0.29) is 0 Å². The zero-order chi connectivity index (χ0) is 19.6. The molecule has 2 N–H and O–H groups in total. The highest BCUT2D eigenvalue weighted by Gasteiger charge is 2.20. The van der Waals surface area contributed by atoms with Gasteiger partial charge < -0.3 is 25.2 Å². The van der Waals surface area contributed by atoms with E-state index in [2.05, 4.69) is 49.5 Å². The Labute approximate surface area is 169 Å². The molecule has 1 aliphatic carbocycles. The quantitative estimate of drug-likeness (QED) is 0.361. The summed E-state index contributed by atoms with van der Waals surface area (Å²) in [6, 6.07) is 4.26. The number of ether oxygens (including phenoxy) is 1. The summed E-state index contributed by atoms with van der Waals surface area (Å²) in [5, 5.41) is 6.75. The molecule has 0 amide bonds. The van der Waals surface area contributed by atoms with E-state index in [0.29, 0.717) is 0 Å². The highest BCUT2D eigenvalue weighted by molar-refractivity contribution is 5.79. The molecule has 0 radical (unpaired) electrons. The molecule has 28 heavy (non-hydrogen) atoms. The first kappa shape index (κ1) is 20.9. The van der Waals surface area contributed by atoms with Crippen LogP contribution >= 0.6 is 0 Å². The molecule has 156 valence electrons. The molecule has 0 spiro atoms. The molecule has 2 heterocycles. The van der Waals surface area contributed by atoms with Gasteiger partial charge in [-0.3, -0.25) is 4.99 Å². The van der Waals surface area contributed by atoms with Crippen LogP contribution in [0.3, 0.4) is 0 Å². The Hall–Kier alpha value is -1.86. The van der Waals surface area contributed by atoms with Gasteiger partial charge in [0.2, 0.25) is 0 Å². The lowest BCUT2D eigenvalue weighted by Crippen LogP contribution is -2.46. The third-order valence-corrected chi connectivity index (χ3v) is 5.45. The average Bonchev–Trinajstić information content (AvgIpc) is 3.57. The Morgan fingerprint density at radius 3 is 2.79 bits per heavy atom. The van der Waals surface area contributed by atoms with Crippen molar-refractivity contribution in [1.29, 1.82) is 0 Å². The highest BCUT2D eigenvalue weighted by Crippen LogP contribution is 2.28. The monoisotopic (exact) mass is 388 g/mol. The molecule has 3 rings (SSSR count). The molecule has 2 aliphatic rings. The molecule has 0 bridgehead atoms. The van der Waals surface area contributed by atoms with Crippen molar-refractivity contribution in [1.82, 2.24) is 20.5 Å². The fourth-order valence-electron chi connectivity index (χ4n) is 3.36. The number of aliphatic imine (C=N–C) groups is 1. The topological polar surface area (TPSA) is 65.0 Å². The maximum Gasteiger partial charge on any atom is 0.191 e. The van der Waals surface area contributed by atoms with Crippen LogP contribution in [-0.4, -0.2) is 75.4 Å². The highest BCUT2D eigenvalue weighted by atomic mass is 16.5. The Balaban J connectivity index is 1.36. The van der Waals surface area contributed by atoms with Gasteiger partial charge in [0.05, 0.1) is 0 Å². The predicted molar refractivity (Wildman–Crippen MR) is 115 cm³/mol. The minimum Gasteiger partial charge on any atom is -0.381 e. The van der Waals surface area contributed by atoms with Crippen molar-refractivity contribution in [2.24, 2.45) is 10.9 Å². The second-order valence-corrected chi connectivity index (χ2v) is 7.67. The van der Waals surface area contributed by atoms with E-state index in [1.165, 1.54) is 18.4 Å². The Morgan fingerprint density at radius 2 is 2.07 bits per heavy atom. The molecule has 2 fully saturated rings. The maximum atomic E-state index is 5.67. The van der Waals surface area contributed by atoms with E-state index >= 15 is 0 Å². The summed E-state index contributed by atoms with van der Waals surface area (Å²) in [4.78, 5) is 13.7. The standard InChI is InChI=1S/C21H36N6O/c1-3-26-10-12-27(13-11-26)20-15-19(7-9-23-20)16-25-21(22-2)24-8-4-14-28-17-18-5-6-18/h7,9,15,18H,3-6,8,10-14,16-17H2,1-2H3,(H2,22,24,25). The molecule has 1 saturated heterocycles. The first-order valence-electron chi connectivity index (χ1n) is 10.7. The van der Waals surface area contributed by atoms with Crippen LogP contribution in [0.5, 0.6) is 0 Å². The smallest absolute Gasteiger partial charge is 0.191 e. The van der Waals surface area contributed by atoms with Crippen molar-refractivity contribution < 1.29 is 4.74 Å². The van der Waals surface area contributed by atoms with Crippen LogP contribution in [0.15, 0.2) is 23.3 Å². The summed E-state index contributed by atoms with van der Waals surface area (Å²) in [6.45, 7) is 11.0. The van der Waals surface area contributed by atoms with Crippen LogP contribution in [0, 0.1) is 5.92 Å². The molecule has 0 atom stereocenters. The lowest BCUT2D eigenvalue weighted by molar-refractivity contribution is 0.123. The van der Waals surface area contributed by atoms with Crippen molar-refractivity contribution in [3.8, 4) is 0 Å². The van der Waals surface area contributed by atoms with E-state index < -0.39 is 0 Å². The van der Waals surface area contributed by atoms with Gasteiger partial charge in [0.25, 0.3) is 0 Å². The SMILES string of the molecule is CCN1CCN(c2cc(CNC(=NC)NCCCOCC3CC3)ccn2)CC1. The first-order valence-corrected chi connectivity index (χ1v) is 10.7. The number of aromatic nitrogens is 1. The molecular weight excluding hydrogens is 352 g/mol. The molecule has 1 aromatic rings. The number of hydrogen-bond acceptors (Lipinski definition) is 5. The molecule has 0 unspecified atom stereocenters. The summed E-state index contributed by atoms with van der Waals surface area (Å²) in [6.07, 6.45) is 5.60. The third-order valence-electron chi connectivity index (χ3n) is 5.45. The maximum absolute atomic E-state index is 5.67. The van der Waals surface area contributed by atoms with Crippen molar-refractivity contribution >= 4 is 11.8 Å². The zero-order valence-electron chi connectivity index (χ0n) is 17.5. The van der Waals surface area contributed by atoms with Gasteiger partial charge in [0.15, 0.2) is 5.96 Å². The lowest BCUT2D eigenvalue weighted by Gasteiger charge is -2.34. The van der Waals surface area contributed by atoms with Gasteiger partial charge >= 0.3 is 0 Å². The Bertz CT molecular complexity index is 611. The van der Waals surface area contributed by atoms with E-state index in [9.17, 15) is 0 Å². The van der Waals surface area contributed by atoms with Crippen molar-refractivity contribution in [2.45, 2.75) is 32.7 Å². The van der Waals surface area contributed by atoms with Crippen molar-refractivity contribution in [3.63, 3.8) is 0 Å². The van der Waals surface area contributed by atoms with Crippen LogP contribution < -0.4 is 15.5 Å². The second-order valence-electron chi connectivity index (χ2n) is 7.67. The predicted octanol–water partition coefficient (Wildman–Crippen LogP) is 1.71. The number of piperazine rings is 1. The number of rotatable bonds is 10. The van der Waals surface area contributed by atoms with Crippen LogP contribution in [0.4, 0.5) is 5.82 Å². The zero-order valence-corrected chi connectivity index (χ0v) is 17.5. The number of guanidine groups is 1. The number of nitrogens with zero attached hydrogens (tertiary/aromatic N) is 4. The average molecular weight is 389 g/mol. The van der Waals surface area contributed by atoms with Crippen LogP contribution in [-0.2, 0) is 11.3 Å². The molecule has 1 aromatic heterocycles. The summed E-state index contributed by atoms with van der Waals surface area (Å²) < 4.78 is 5.67. The van der Waals surface area contributed by atoms with Crippen LogP contribution in [0.1, 0.15) is 31.7 Å². The largest absolute Gasteiger partial charge is 0.381 e. The second kappa shape index (κ2) is 11.2. The number of pyridine rings is 1. The number of anilines is 1. The van der Waals surface area contributed by atoms with Gasteiger partial charge in [-0.1, -0.05) is 6.92 Å². The molecule has 7 heteroatoms. The summed E-state index contributed by atoms with van der Waals surface area (Å²) >= 11 is 0. The molecular formula is C21H36N6O. The molecule has 7 nitrogen and oxygen atoms in total. The van der Waals surface area contributed by atoms with Gasteiger partial charge in [0.1, 0.15) is 5.82 Å². The fourth-order valence-corrected chi connectivity index (χ4v) is 3.36. The summed E-state index contributed by atoms with van der Waals surface area (Å²) in [5.74, 6) is 2.74. The summed E-state index contributed by atoms with van der Waals surface area (Å²) in [5.41, 5.74) is 1.22. The minimum absolute atomic E-state index is 0.738. The third kappa shape index (κ3) is 6.95. The van der Waals surface area contributed by atoms with Crippen molar-refractivity contribution in [3.05, 3.63) is 23.9 Å². The number of hydrogen-bond donors (Lipinski definition) is 2. The Morgan fingerprint density at radius 1 is 1.25 bits per heavy atom. The van der Waals surface area contributed by atoms with E-state index in [1.807, 2.05) is 13.2 Å². The van der Waals surface area contributed by atoms with E-state index in [0.717, 1.165) is 83.1 Å². The fraction of sp³-hybridized carbons (Fsp3) is 0.714. The van der Waals surface area contributed by atoms with Crippen LogP contribution in [0.25, 0.3) is 0 Å². The normalized spacial score (nSPS) is 18.4. The van der Waals surface area contributed by atoms with Gasteiger partial charge in [-0.2, -0.15) is 0 Å². The van der Waals surface area contributed by atoms with E-state index in [1.54, 1.807) is 0 Å². The number of likely N-dealkylation sites (N-methyl/N-ethyl adjacent to an activating group) is 1. The van der Waals surface area contributed by atoms with Gasteiger partial charge in [-0.15, -0.1) is 0 Å². The Kier molecular flexibility index (Phi) is 8.36. The summed E-state index contributed by atoms with van der Waals surface area (Å²) in [7, 11) is 1.81. The molecule has 0 aromatic carbocycles. The van der Waals surface area contributed by atoms with Gasteiger partial charge in [0, 0.05) is 65.7 Å².